The van der Waals surface area contributed by atoms with Crippen LogP contribution in [0.3, 0.4) is 0 Å². The van der Waals surface area contributed by atoms with Gasteiger partial charge in [0.25, 0.3) is 0 Å². The molecule has 0 N–H and O–H groups in total. The molecule has 0 bridgehead atoms. The van der Waals surface area contributed by atoms with Gasteiger partial charge in [0.05, 0.1) is 20.8 Å². The first-order valence-electron chi connectivity index (χ1n) is 9.47. The Morgan fingerprint density at radius 1 is 1.00 bits per heavy atom. The van der Waals surface area contributed by atoms with Crippen molar-refractivity contribution in [2.45, 2.75) is 71.0 Å². The minimum atomic E-state index is -1.97. The van der Waals surface area contributed by atoms with E-state index in [1.807, 2.05) is 6.08 Å². The van der Waals surface area contributed by atoms with Gasteiger partial charge in [-0.2, -0.15) is 0 Å². The third kappa shape index (κ3) is 4.06. The molecule has 0 aromatic carbocycles. The van der Waals surface area contributed by atoms with Gasteiger partial charge in [-0.15, -0.1) is 6.58 Å². The number of methoxy groups -OCH3 is 2. The van der Waals surface area contributed by atoms with Gasteiger partial charge in [-0.3, -0.25) is 0 Å². The van der Waals surface area contributed by atoms with Gasteiger partial charge >= 0.3 is 0 Å². The molecule has 0 unspecified atom stereocenters. The molecule has 0 radical (unpaired) electrons. The van der Waals surface area contributed by atoms with Gasteiger partial charge in [0, 0.05) is 0 Å². The second-order valence-electron chi connectivity index (χ2n) is 7.96. The SMILES string of the molecule is C=CCC1(CO[Si](C(C)C)(C(C)C)C(C)C)C(OC)=CCC=C1OC. The van der Waals surface area contributed by atoms with E-state index in [-0.39, 0.29) is 0 Å². The molecule has 0 saturated carbocycles. The zero-order valence-electron chi connectivity index (χ0n) is 17.5. The van der Waals surface area contributed by atoms with Crippen LogP contribution in [0, 0.1) is 5.41 Å². The molecule has 0 atom stereocenters. The first-order chi connectivity index (χ1) is 11.7. The lowest BCUT2D eigenvalue weighted by Crippen LogP contribution is -2.50. The normalized spacial score (nSPS) is 17.6. The second kappa shape index (κ2) is 9.09. The van der Waals surface area contributed by atoms with Crippen LogP contribution in [0.2, 0.25) is 16.6 Å². The van der Waals surface area contributed by atoms with Gasteiger partial charge in [0.15, 0.2) is 8.32 Å². The second-order valence-corrected chi connectivity index (χ2v) is 13.4. The minimum Gasteiger partial charge on any atom is -0.500 e. The Hall–Kier alpha value is -1.00. The average Bonchev–Trinajstić information content (AvgIpc) is 2.54. The van der Waals surface area contributed by atoms with Crippen LogP contribution in [-0.2, 0) is 13.9 Å². The minimum absolute atomic E-state index is 0.402. The Labute approximate surface area is 156 Å². The van der Waals surface area contributed by atoms with E-state index in [2.05, 4.69) is 60.3 Å². The van der Waals surface area contributed by atoms with Gasteiger partial charge in [0.1, 0.15) is 16.9 Å². The maximum absolute atomic E-state index is 6.92. The standard InChI is InChI=1S/C21H38O3Si/c1-10-14-21(19(22-8)12-11-13-20(21)23-9)15-24-25(16(2)3,17(4)5)18(6)7/h10,12-13,16-18H,1,11,14-15H2,2-9H3. The topological polar surface area (TPSA) is 27.7 Å². The van der Waals surface area contributed by atoms with E-state index in [4.69, 9.17) is 13.9 Å². The number of rotatable bonds is 10. The van der Waals surface area contributed by atoms with Gasteiger partial charge in [-0.25, -0.2) is 0 Å². The molecule has 0 amide bonds. The Morgan fingerprint density at radius 3 is 1.76 bits per heavy atom. The van der Waals surface area contributed by atoms with Crippen molar-refractivity contribution < 1.29 is 13.9 Å². The summed E-state index contributed by atoms with van der Waals surface area (Å²) in [6.45, 7) is 18.4. The van der Waals surface area contributed by atoms with E-state index in [1.54, 1.807) is 14.2 Å². The monoisotopic (exact) mass is 366 g/mol. The number of hydrogen-bond acceptors (Lipinski definition) is 3. The summed E-state index contributed by atoms with van der Waals surface area (Å²) in [6, 6.07) is 0. The Kier molecular flexibility index (Phi) is 8.01. The summed E-state index contributed by atoms with van der Waals surface area (Å²) in [6.07, 6.45) is 7.78. The maximum atomic E-state index is 6.92. The molecule has 0 aliphatic heterocycles. The zero-order chi connectivity index (χ0) is 19.3. The lowest BCUT2D eigenvalue weighted by atomic mass is 9.77. The van der Waals surface area contributed by atoms with Crippen molar-refractivity contribution in [3.8, 4) is 0 Å². The first-order valence-corrected chi connectivity index (χ1v) is 11.6. The molecule has 144 valence electrons. The van der Waals surface area contributed by atoms with Crippen molar-refractivity contribution in [3.05, 3.63) is 36.3 Å². The molecule has 1 aliphatic rings. The quantitative estimate of drug-likeness (QED) is 0.340. The number of ether oxygens (including phenoxy) is 2. The fourth-order valence-corrected chi connectivity index (χ4v) is 10.2. The van der Waals surface area contributed by atoms with E-state index >= 15 is 0 Å². The summed E-state index contributed by atoms with van der Waals surface area (Å²) in [7, 11) is 1.50. The zero-order valence-corrected chi connectivity index (χ0v) is 18.5. The predicted octanol–water partition coefficient (Wildman–Crippen LogP) is 6.21. The van der Waals surface area contributed by atoms with Crippen molar-refractivity contribution in [3.63, 3.8) is 0 Å². The molecular formula is C21H38O3Si. The van der Waals surface area contributed by atoms with Crippen LogP contribution in [0.25, 0.3) is 0 Å². The predicted molar refractivity (Wildman–Crippen MR) is 109 cm³/mol. The Balaban J connectivity index is 3.31. The average molecular weight is 367 g/mol. The van der Waals surface area contributed by atoms with Crippen LogP contribution in [0.4, 0.5) is 0 Å². The summed E-state index contributed by atoms with van der Waals surface area (Å²) in [5.41, 5.74) is 1.23. The highest BCUT2D eigenvalue weighted by molar-refractivity contribution is 6.77. The molecule has 0 heterocycles. The van der Waals surface area contributed by atoms with E-state index in [0.29, 0.717) is 23.2 Å². The molecule has 0 aromatic heterocycles. The molecule has 4 heteroatoms. The summed E-state index contributed by atoms with van der Waals surface area (Å²) < 4.78 is 18.5. The highest BCUT2D eigenvalue weighted by atomic mass is 28.4. The van der Waals surface area contributed by atoms with Gasteiger partial charge < -0.3 is 13.9 Å². The number of hydrogen-bond donors (Lipinski definition) is 0. The lowest BCUT2D eigenvalue weighted by molar-refractivity contribution is 0.0689. The molecule has 1 rings (SSSR count). The van der Waals surface area contributed by atoms with Gasteiger partial charge in [-0.1, -0.05) is 47.6 Å². The van der Waals surface area contributed by atoms with Crippen LogP contribution >= 0.6 is 0 Å². The van der Waals surface area contributed by atoms with E-state index in [9.17, 15) is 0 Å². The fourth-order valence-electron chi connectivity index (χ4n) is 4.74. The third-order valence-corrected chi connectivity index (χ3v) is 11.8. The molecule has 0 spiro atoms. The van der Waals surface area contributed by atoms with Crippen LogP contribution in [0.1, 0.15) is 54.4 Å². The van der Waals surface area contributed by atoms with Gasteiger partial charge in [0.2, 0.25) is 0 Å². The number of allylic oxidation sites excluding steroid dienone is 3. The summed E-state index contributed by atoms with van der Waals surface area (Å²) >= 11 is 0. The summed E-state index contributed by atoms with van der Waals surface area (Å²) in [4.78, 5) is 0. The molecule has 0 aromatic rings. The lowest BCUT2D eigenvalue weighted by Gasteiger charge is -2.46. The highest BCUT2D eigenvalue weighted by Crippen LogP contribution is 2.48. The molecule has 0 saturated heterocycles. The molecule has 3 nitrogen and oxygen atoms in total. The van der Waals surface area contributed by atoms with Crippen molar-refractivity contribution in [2.75, 3.05) is 20.8 Å². The molecular weight excluding hydrogens is 328 g/mol. The van der Waals surface area contributed by atoms with Gasteiger partial charge in [-0.05, 0) is 41.6 Å². The third-order valence-electron chi connectivity index (χ3n) is 5.76. The highest BCUT2D eigenvalue weighted by Gasteiger charge is 2.49. The molecule has 25 heavy (non-hydrogen) atoms. The van der Waals surface area contributed by atoms with Crippen LogP contribution < -0.4 is 0 Å². The fraction of sp³-hybridized carbons (Fsp3) is 0.714. The Bertz CT molecular complexity index is 461. The largest absolute Gasteiger partial charge is 0.500 e. The maximum Gasteiger partial charge on any atom is 0.200 e. The van der Waals surface area contributed by atoms with Crippen LogP contribution in [-0.4, -0.2) is 29.1 Å². The van der Waals surface area contributed by atoms with Crippen molar-refractivity contribution >= 4 is 8.32 Å². The summed E-state index contributed by atoms with van der Waals surface area (Å²) in [5.74, 6) is 1.87. The van der Waals surface area contributed by atoms with E-state index in [1.165, 1.54) is 0 Å². The van der Waals surface area contributed by atoms with E-state index in [0.717, 1.165) is 24.4 Å². The van der Waals surface area contributed by atoms with Crippen LogP contribution in [0.15, 0.2) is 36.3 Å². The summed E-state index contributed by atoms with van der Waals surface area (Å²) in [5, 5.41) is 0. The van der Waals surface area contributed by atoms with Crippen molar-refractivity contribution in [2.24, 2.45) is 5.41 Å². The molecule has 0 fully saturated rings. The van der Waals surface area contributed by atoms with E-state index < -0.39 is 13.7 Å². The van der Waals surface area contributed by atoms with Crippen molar-refractivity contribution in [1.29, 1.82) is 0 Å². The molecule has 1 aliphatic carbocycles. The van der Waals surface area contributed by atoms with Crippen LogP contribution in [0.5, 0.6) is 0 Å². The smallest absolute Gasteiger partial charge is 0.200 e. The Morgan fingerprint density at radius 2 is 1.44 bits per heavy atom. The first kappa shape index (κ1) is 22.0. The van der Waals surface area contributed by atoms with Crippen molar-refractivity contribution in [1.82, 2.24) is 0 Å².